The van der Waals surface area contributed by atoms with E-state index in [1.165, 1.54) is 11.3 Å². The quantitative estimate of drug-likeness (QED) is 0.899. The summed E-state index contributed by atoms with van der Waals surface area (Å²) in [7, 11) is 0. The Balaban J connectivity index is 1.51. The van der Waals surface area contributed by atoms with Gasteiger partial charge in [-0.25, -0.2) is 0 Å². The highest BCUT2D eigenvalue weighted by Crippen LogP contribution is 2.61. The number of thiophene rings is 1. The van der Waals surface area contributed by atoms with E-state index in [2.05, 4.69) is 11.4 Å². The molecule has 1 amide bonds. The summed E-state index contributed by atoms with van der Waals surface area (Å²) in [5, 5.41) is 15.8. The Kier molecular flexibility index (Phi) is 2.77. The summed E-state index contributed by atoms with van der Waals surface area (Å²) >= 11 is 1.68. The van der Waals surface area contributed by atoms with E-state index in [0.717, 1.165) is 25.7 Å². The maximum absolute atomic E-state index is 12.7. The Labute approximate surface area is 123 Å². The lowest BCUT2D eigenvalue weighted by Gasteiger charge is -2.59. The van der Waals surface area contributed by atoms with Gasteiger partial charge in [-0.1, -0.05) is 6.07 Å². The topological polar surface area (TPSA) is 49.3 Å². The number of amides is 1. The molecule has 2 atom stereocenters. The van der Waals surface area contributed by atoms with Crippen LogP contribution in [0.2, 0.25) is 0 Å². The van der Waals surface area contributed by atoms with Crippen molar-refractivity contribution in [1.82, 2.24) is 5.32 Å². The highest BCUT2D eigenvalue weighted by atomic mass is 32.1. The van der Waals surface area contributed by atoms with Crippen molar-refractivity contribution in [2.45, 2.75) is 50.7 Å². The van der Waals surface area contributed by atoms with Crippen molar-refractivity contribution < 1.29 is 9.90 Å². The molecule has 0 unspecified atom stereocenters. The van der Waals surface area contributed by atoms with E-state index in [4.69, 9.17) is 0 Å². The number of nitrogens with one attached hydrogen (secondary N) is 1. The van der Waals surface area contributed by atoms with E-state index in [1.54, 1.807) is 11.3 Å². The van der Waals surface area contributed by atoms with Crippen LogP contribution in [0.3, 0.4) is 0 Å². The van der Waals surface area contributed by atoms with Gasteiger partial charge in [0.05, 0.1) is 17.6 Å². The molecule has 4 fully saturated rings. The zero-order valence-electron chi connectivity index (χ0n) is 11.6. The fraction of sp³-hybridized carbons (Fsp3) is 0.688. The molecule has 4 bridgehead atoms. The predicted molar refractivity (Wildman–Crippen MR) is 78.2 cm³/mol. The third kappa shape index (κ3) is 2.01. The molecule has 1 heterocycles. The summed E-state index contributed by atoms with van der Waals surface area (Å²) in [5.41, 5.74) is -0.833. The van der Waals surface area contributed by atoms with Crippen molar-refractivity contribution in [3.05, 3.63) is 22.4 Å². The summed E-state index contributed by atoms with van der Waals surface area (Å²) in [6.45, 7) is 0.631. The Morgan fingerprint density at radius 2 is 2.10 bits per heavy atom. The van der Waals surface area contributed by atoms with Crippen LogP contribution in [0.25, 0.3) is 0 Å². The molecule has 4 saturated carbocycles. The first-order valence-electron chi connectivity index (χ1n) is 7.60. The van der Waals surface area contributed by atoms with Crippen molar-refractivity contribution in [2.24, 2.45) is 17.3 Å². The lowest BCUT2D eigenvalue weighted by Crippen LogP contribution is -2.60. The SMILES string of the molecule is O=C(NCc1cccs1)C12C[C@H]3C[C@@H](CC(O)(C3)C1)C2. The van der Waals surface area contributed by atoms with Crippen LogP contribution in [0.1, 0.15) is 43.4 Å². The van der Waals surface area contributed by atoms with E-state index >= 15 is 0 Å². The highest BCUT2D eigenvalue weighted by Gasteiger charge is 2.60. The Hall–Kier alpha value is -0.870. The van der Waals surface area contributed by atoms with Gasteiger partial charge in [-0.3, -0.25) is 4.79 Å². The third-order valence-corrected chi connectivity index (χ3v) is 6.39. The van der Waals surface area contributed by atoms with Crippen molar-refractivity contribution in [1.29, 1.82) is 0 Å². The van der Waals surface area contributed by atoms with Crippen LogP contribution in [-0.2, 0) is 11.3 Å². The average Bonchev–Trinajstić information content (AvgIpc) is 2.85. The number of carbonyl (C=O) groups excluding carboxylic acids is 1. The molecule has 4 aliphatic carbocycles. The van der Waals surface area contributed by atoms with Gasteiger partial charge in [0.25, 0.3) is 0 Å². The summed E-state index contributed by atoms with van der Waals surface area (Å²) < 4.78 is 0. The fourth-order valence-electron chi connectivity index (χ4n) is 5.25. The van der Waals surface area contributed by atoms with Gasteiger partial charge in [-0.15, -0.1) is 11.3 Å². The van der Waals surface area contributed by atoms with E-state index < -0.39 is 5.60 Å². The largest absolute Gasteiger partial charge is 0.390 e. The number of aliphatic hydroxyl groups is 1. The molecule has 108 valence electrons. The molecule has 4 aliphatic rings. The van der Waals surface area contributed by atoms with E-state index in [-0.39, 0.29) is 11.3 Å². The second-order valence-electron chi connectivity index (χ2n) is 7.23. The monoisotopic (exact) mass is 291 g/mol. The van der Waals surface area contributed by atoms with Crippen molar-refractivity contribution in [2.75, 3.05) is 0 Å². The fourth-order valence-corrected chi connectivity index (χ4v) is 5.89. The molecule has 0 aromatic carbocycles. The first kappa shape index (κ1) is 12.8. The van der Waals surface area contributed by atoms with E-state index in [0.29, 0.717) is 24.8 Å². The van der Waals surface area contributed by atoms with Gasteiger partial charge in [0.2, 0.25) is 5.91 Å². The molecule has 4 heteroatoms. The number of carbonyl (C=O) groups is 1. The molecule has 20 heavy (non-hydrogen) atoms. The average molecular weight is 291 g/mol. The van der Waals surface area contributed by atoms with Gasteiger partial charge in [0, 0.05) is 4.88 Å². The second kappa shape index (κ2) is 4.31. The maximum atomic E-state index is 12.7. The smallest absolute Gasteiger partial charge is 0.226 e. The summed E-state index contributed by atoms with van der Waals surface area (Å²) in [4.78, 5) is 13.9. The van der Waals surface area contributed by atoms with Crippen LogP contribution in [0.15, 0.2) is 17.5 Å². The van der Waals surface area contributed by atoms with Crippen molar-refractivity contribution >= 4 is 17.2 Å². The normalized spacial score (nSPS) is 41.9. The van der Waals surface area contributed by atoms with Crippen LogP contribution in [0.4, 0.5) is 0 Å². The molecule has 1 aromatic rings. The van der Waals surface area contributed by atoms with E-state index in [9.17, 15) is 9.90 Å². The molecule has 3 nitrogen and oxygen atoms in total. The Morgan fingerprint density at radius 3 is 2.70 bits per heavy atom. The molecule has 5 rings (SSSR count). The third-order valence-electron chi connectivity index (χ3n) is 5.52. The van der Waals surface area contributed by atoms with Crippen LogP contribution in [0, 0.1) is 17.3 Å². The van der Waals surface area contributed by atoms with Gasteiger partial charge >= 0.3 is 0 Å². The van der Waals surface area contributed by atoms with Gasteiger partial charge in [0.1, 0.15) is 0 Å². The van der Waals surface area contributed by atoms with Gasteiger partial charge < -0.3 is 10.4 Å². The van der Waals surface area contributed by atoms with E-state index in [1.807, 2.05) is 11.4 Å². The Morgan fingerprint density at radius 1 is 1.35 bits per heavy atom. The first-order valence-corrected chi connectivity index (χ1v) is 8.48. The van der Waals surface area contributed by atoms with Crippen LogP contribution < -0.4 is 5.32 Å². The summed E-state index contributed by atoms with van der Waals surface area (Å²) in [6.07, 6.45) is 5.72. The zero-order valence-corrected chi connectivity index (χ0v) is 12.4. The molecule has 2 N–H and O–H groups in total. The van der Waals surface area contributed by atoms with Gasteiger partial charge in [-0.2, -0.15) is 0 Å². The molecular formula is C16H21NO2S. The molecule has 0 radical (unpaired) electrons. The number of hydrogen-bond acceptors (Lipinski definition) is 3. The number of rotatable bonds is 3. The zero-order chi connectivity index (χ0) is 13.8. The van der Waals surface area contributed by atoms with Crippen LogP contribution >= 0.6 is 11.3 Å². The lowest BCUT2D eigenvalue weighted by molar-refractivity contribution is -0.178. The highest BCUT2D eigenvalue weighted by molar-refractivity contribution is 7.09. The minimum absolute atomic E-state index is 0.179. The Bertz CT molecular complexity index is 511. The minimum atomic E-state index is -0.551. The van der Waals surface area contributed by atoms with Crippen LogP contribution in [0.5, 0.6) is 0 Å². The molecule has 0 saturated heterocycles. The number of hydrogen-bond donors (Lipinski definition) is 2. The molecular weight excluding hydrogens is 270 g/mol. The van der Waals surface area contributed by atoms with Crippen molar-refractivity contribution in [3.63, 3.8) is 0 Å². The molecule has 0 spiro atoms. The maximum Gasteiger partial charge on any atom is 0.226 e. The second-order valence-corrected chi connectivity index (χ2v) is 8.26. The summed E-state index contributed by atoms with van der Waals surface area (Å²) in [5.74, 6) is 1.31. The standard InChI is InChI=1S/C16H21NO2S/c18-14(17-9-13-2-1-3-20-13)15-5-11-4-12(6-15)8-16(19,7-11)10-15/h1-3,11-12,19H,4-10H2,(H,17,18)/t11-,12-,15?,16?/m1/s1. The molecule has 1 aromatic heterocycles. The van der Waals surface area contributed by atoms with Gasteiger partial charge in [0.15, 0.2) is 0 Å². The summed E-state index contributed by atoms with van der Waals surface area (Å²) in [6, 6.07) is 4.07. The lowest BCUT2D eigenvalue weighted by atomic mass is 9.47. The minimum Gasteiger partial charge on any atom is -0.390 e. The van der Waals surface area contributed by atoms with Crippen LogP contribution in [-0.4, -0.2) is 16.6 Å². The predicted octanol–water partition coefficient (Wildman–Crippen LogP) is 2.70. The first-order chi connectivity index (χ1) is 9.57. The van der Waals surface area contributed by atoms with Crippen molar-refractivity contribution in [3.8, 4) is 0 Å². The van der Waals surface area contributed by atoms with Gasteiger partial charge in [-0.05, 0) is 61.8 Å². The molecule has 0 aliphatic heterocycles.